The summed E-state index contributed by atoms with van der Waals surface area (Å²) < 4.78 is 16.5. The zero-order valence-corrected chi connectivity index (χ0v) is 23.8. The number of halogens is 2. The average molecular weight is 588 g/mol. The lowest BCUT2D eigenvalue weighted by atomic mass is 9.97. The highest BCUT2D eigenvalue weighted by molar-refractivity contribution is 6.41. The molecular weight excluding hydrogens is 557 g/mol. The topological polar surface area (TPSA) is 119 Å². The Labute approximate surface area is 242 Å². The zero-order chi connectivity index (χ0) is 28.4. The summed E-state index contributed by atoms with van der Waals surface area (Å²) in [4.78, 5) is 28.4. The molecule has 10 nitrogen and oxygen atoms in total. The first-order chi connectivity index (χ1) is 19.3. The first kappa shape index (κ1) is 28.4. The standard InChI is InChI=1S/C28H31Cl2N5O5/c1-4-16(36)9-15-13-40-14-20(15)32-23-10-18-19(12-31-23)33-27(34-28(18)35-7-5-17(37)6-8-35)24-25(29)21(38-2)11-22(39-3)26(24)30/h4,10-12,15,17,20,37H,1,5-9,13-14H2,2-3H3,(H,31,32)/t15-,20+/m0/s1. The number of carbonyl (C=O) groups is 1. The molecule has 0 radical (unpaired) electrons. The number of pyridine rings is 1. The van der Waals surface area contributed by atoms with Crippen LogP contribution < -0.4 is 19.7 Å². The first-order valence-corrected chi connectivity index (χ1v) is 13.8. The first-order valence-electron chi connectivity index (χ1n) is 13.0. The number of methoxy groups -OCH3 is 2. The van der Waals surface area contributed by atoms with Gasteiger partial charge in [-0.25, -0.2) is 15.0 Å². The molecule has 0 aliphatic carbocycles. The van der Waals surface area contributed by atoms with Gasteiger partial charge in [0, 0.05) is 36.9 Å². The maximum absolute atomic E-state index is 12.0. The number of aromatic nitrogens is 3. The summed E-state index contributed by atoms with van der Waals surface area (Å²) in [7, 11) is 3.02. The third-order valence-electron chi connectivity index (χ3n) is 7.35. The number of nitrogens with one attached hydrogen (secondary N) is 1. The van der Waals surface area contributed by atoms with Gasteiger partial charge in [-0.3, -0.25) is 4.79 Å². The minimum absolute atomic E-state index is 0.0111. The number of ketones is 1. The molecule has 2 aromatic heterocycles. The summed E-state index contributed by atoms with van der Waals surface area (Å²) in [5.41, 5.74) is 0.978. The molecule has 2 saturated heterocycles. The van der Waals surface area contributed by atoms with Crippen LogP contribution in [0, 0.1) is 5.92 Å². The summed E-state index contributed by atoms with van der Waals surface area (Å²) in [6.07, 6.45) is 4.25. The molecule has 12 heteroatoms. The van der Waals surface area contributed by atoms with Crippen LogP contribution in [0.2, 0.25) is 10.0 Å². The maximum atomic E-state index is 12.0. The van der Waals surface area contributed by atoms with E-state index in [1.807, 2.05) is 6.07 Å². The van der Waals surface area contributed by atoms with Gasteiger partial charge >= 0.3 is 0 Å². The van der Waals surface area contributed by atoms with Crippen molar-refractivity contribution in [2.24, 2.45) is 5.92 Å². The van der Waals surface area contributed by atoms with Crippen LogP contribution in [-0.4, -0.2) is 78.5 Å². The number of benzene rings is 1. The van der Waals surface area contributed by atoms with E-state index in [9.17, 15) is 9.90 Å². The van der Waals surface area contributed by atoms with Crippen LogP contribution in [0.5, 0.6) is 11.5 Å². The van der Waals surface area contributed by atoms with Crippen LogP contribution in [0.1, 0.15) is 19.3 Å². The summed E-state index contributed by atoms with van der Waals surface area (Å²) in [6, 6.07) is 3.44. The summed E-state index contributed by atoms with van der Waals surface area (Å²) >= 11 is 13.4. The number of rotatable bonds is 9. The number of anilines is 2. The van der Waals surface area contributed by atoms with Crippen LogP contribution >= 0.6 is 23.2 Å². The molecule has 3 aromatic rings. The van der Waals surface area contributed by atoms with Crippen LogP contribution in [0.3, 0.4) is 0 Å². The summed E-state index contributed by atoms with van der Waals surface area (Å²) in [6.45, 7) is 5.76. The third kappa shape index (κ3) is 5.67. The zero-order valence-electron chi connectivity index (χ0n) is 22.3. The molecule has 2 aliphatic rings. The van der Waals surface area contributed by atoms with Crippen molar-refractivity contribution in [3.05, 3.63) is 41.0 Å². The average Bonchev–Trinajstić information content (AvgIpc) is 3.39. The number of allylic oxidation sites excluding steroid dienone is 1. The molecule has 0 unspecified atom stereocenters. The predicted molar refractivity (Wildman–Crippen MR) is 155 cm³/mol. The van der Waals surface area contributed by atoms with Gasteiger partial charge in [0.05, 0.1) is 66.9 Å². The van der Waals surface area contributed by atoms with Crippen molar-refractivity contribution in [3.63, 3.8) is 0 Å². The van der Waals surface area contributed by atoms with Gasteiger partial charge in [-0.1, -0.05) is 29.8 Å². The minimum atomic E-state index is -0.355. The largest absolute Gasteiger partial charge is 0.495 e. The summed E-state index contributed by atoms with van der Waals surface area (Å²) in [5.74, 6) is 2.35. The molecule has 2 atom stereocenters. The Balaban J connectivity index is 1.59. The van der Waals surface area contributed by atoms with Crippen LogP contribution in [0.25, 0.3) is 22.3 Å². The second-order valence-electron chi connectivity index (χ2n) is 9.88. The van der Waals surface area contributed by atoms with E-state index >= 15 is 0 Å². The number of hydrogen-bond acceptors (Lipinski definition) is 10. The van der Waals surface area contributed by atoms with Crippen molar-refractivity contribution < 1.29 is 24.1 Å². The lowest BCUT2D eigenvalue weighted by molar-refractivity contribution is -0.115. The molecule has 0 bridgehead atoms. The molecule has 2 aliphatic heterocycles. The fourth-order valence-corrected chi connectivity index (χ4v) is 5.77. The van der Waals surface area contributed by atoms with E-state index in [1.165, 1.54) is 20.3 Å². The lowest BCUT2D eigenvalue weighted by Gasteiger charge is -2.31. The Morgan fingerprint density at radius 2 is 1.88 bits per heavy atom. The number of nitrogens with zero attached hydrogens (tertiary/aromatic N) is 4. The number of fused-ring (bicyclic) bond motifs is 1. The number of aliphatic hydroxyl groups is 1. The lowest BCUT2D eigenvalue weighted by Crippen LogP contribution is -2.36. The van der Waals surface area contributed by atoms with E-state index in [2.05, 4.69) is 21.8 Å². The highest BCUT2D eigenvalue weighted by Gasteiger charge is 2.30. The Kier molecular flexibility index (Phi) is 8.60. The number of aliphatic hydroxyl groups excluding tert-OH is 1. The van der Waals surface area contributed by atoms with Crippen molar-refractivity contribution in [1.82, 2.24) is 15.0 Å². The fraction of sp³-hybridized carbons (Fsp3) is 0.429. The highest BCUT2D eigenvalue weighted by Crippen LogP contribution is 2.46. The van der Waals surface area contributed by atoms with Gasteiger partial charge in [0.25, 0.3) is 0 Å². The quantitative estimate of drug-likeness (QED) is 0.345. The molecule has 4 heterocycles. The maximum Gasteiger partial charge on any atom is 0.165 e. The van der Waals surface area contributed by atoms with Crippen molar-refractivity contribution in [1.29, 1.82) is 0 Å². The number of piperidine rings is 1. The van der Waals surface area contributed by atoms with Gasteiger partial charge in [-0.2, -0.15) is 0 Å². The molecule has 2 fully saturated rings. The van der Waals surface area contributed by atoms with Gasteiger partial charge in [-0.15, -0.1) is 0 Å². The molecule has 5 rings (SSSR count). The third-order valence-corrected chi connectivity index (χ3v) is 8.10. The number of carbonyl (C=O) groups excluding carboxylic acids is 1. The fourth-order valence-electron chi connectivity index (χ4n) is 5.10. The van der Waals surface area contributed by atoms with Gasteiger partial charge in [0.2, 0.25) is 0 Å². The SMILES string of the molecule is C=CC(=O)C[C@H]1COC[C@H]1Nc1cc2c(N3CCC(O)CC3)nc(-c3c(Cl)c(OC)cc(OC)c3Cl)nc2cn1. The number of hydrogen-bond donors (Lipinski definition) is 2. The van der Waals surface area contributed by atoms with Crippen LogP contribution in [0.15, 0.2) is 31.0 Å². The molecule has 212 valence electrons. The van der Waals surface area contributed by atoms with Gasteiger partial charge in [0.15, 0.2) is 11.6 Å². The van der Waals surface area contributed by atoms with E-state index in [-0.39, 0.29) is 33.9 Å². The van der Waals surface area contributed by atoms with Crippen molar-refractivity contribution in [2.45, 2.75) is 31.4 Å². The van der Waals surface area contributed by atoms with E-state index in [0.717, 1.165) is 5.39 Å². The van der Waals surface area contributed by atoms with E-state index < -0.39 is 0 Å². The monoisotopic (exact) mass is 587 g/mol. The van der Waals surface area contributed by atoms with E-state index in [0.29, 0.717) is 85.6 Å². The van der Waals surface area contributed by atoms with Crippen molar-refractivity contribution in [2.75, 3.05) is 50.7 Å². The second kappa shape index (κ2) is 12.1. The van der Waals surface area contributed by atoms with E-state index in [4.69, 9.17) is 47.4 Å². The highest BCUT2D eigenvalue weighted by atomic mass is 35.5. The normalized spacial score (nSPS) is 19.6. The van der Waals surface area contributed by atoms with Crippen molar-refractivity contribution in [3.8, 4) is 22.9 Å². The van der Waals surface area contributed by atoms with Gasteiger partial charge in [0.1, 0.15) is 23.1 Å². The van der Waals surface area contributed by atoms with Gasteiger partial charge < -0.3 is 29.5 Å². The second-order valence-corrected chi connectivity index (χ2v) is 10.6. The number of ether oxygens (including phenoxy) is 3. The molecular formula is C28H31Cl2N5O5. The molecule has 0 spiro atoms. The molecule has 0 saturated carbocycles. The molecule has 40 heavy (non-hydrogen) atoms. The Bertz CT molecular complexity index is 1400. The smallest absolute Gasteiger partial charge is 0.165 e. The Morgan fingerprint density at radius 3 is 2.52 bits per heavy atom. The Morgan fingerprint density at radius 1 is 1.18 bits per heavy atom. The van der Waals surface area contributed by atoms with Crippen LogP contribution in [0.4, 0.5) is 11.6 Å². The molecule has 2 N–H and O–H groups in total. The molecule has 1 aromatic carbocycles. The van der Waals surface area contributed by atoms with Crippen molar-refractivity contribution >= 4 is 51.5 Å². The summed E-state index contributed by atoms with van der Waals surface area (Å²) in [5, 5.41) is 14.9. The van der Waals surface area contributed by atoms with Gasteiger partial charge in [-0.05, 0) is 25.0 Å². The predicted octanol–water partition coefficient (Wildman–Crippen LogP) is 4.55. The minimum Gasteiger partial charge on any atom is -0.495 e. The molecule has 0 amide bonds. The van der Waals surface area contributed by atoms with Crippen LogP contribution in [-0.2, 0) is 9.53 Å². The van der Waals surface area contributed by atoms with E-state index in [1.54, 1.807) is 12.3 Å². The Hall–Kier alpha value is -3.18.